The zero-order valence-electron chi connectivity index (χ0n) is 15.2. The van der Waals surface area contributed by atoms with E-state index in [1.165, 1.54) is 11.1 Å². The van der Waals surface area contributed by atoms with Gasteiger partial charge in [0.2, 0.25) is 0 Å². The van der Waals surface area contributed by atoms with E-state index in [1.54, 1.807) is 14.0 Å². The molecule has 0 aliphatic heterocycles. The lowest BCUT2D eigenvalue weighted by molar-refractivity contribution is -0.702. The van der Waals surface area contributed by atoms with Crippen LogP contribution < -0.4 is 10.1 Å². The topological polar surface area (TPSA) is 42.9 Å². The maximum absolute atomic E-state index is 11.7. The molecule has 0 fully saturated rings. The Morgan fingerprint density at radius 1 is 0.923 bits per heavy atom. The molecule has 0 atom stereocenters. The average Bonchev–Trinajstić information content (AvgIpc) is 2.69. The molecule has 26 heavy (non-hydrogen) atoms. The van der Waals surface area contributed by atoms with Crippen molar-refractivity contribution in [3.8, 4) is 5.75 Å². The van der Waals surface area contributed by atoms with Gasteiger partial charge in [-0.05, 0) is 25.1 Å². The van der Waals surface area contributed by atoms with Crippen LogP contribution in [-0.4, -0.2) is 12.9 Å². The van der Waals surface area contributed by atoms with Crippen molar-refractivity contribution in [3.63, 3.8) is 0 Å². The highest BCUT2D eigenvalue weighted by atomic mass is 16.5. The number of hydrogen-bond donors (Lipinski definition) is 1. The van der Waals surface area contributed by atoms with E-state index in [9.17, 15) is 4.79 Å². The van der Waals surface area contributed by atoms with Crippen molar-refractivity contribution >= 4 is 5.78 Å². The molecule has 2 N–H and O–H groups in total. The molecule has 0 saturated heterocycles. The second-order valence-electron chi connectivity index (χ2n) is 6.32. The van der Waals surface area contributed by atoms with E-state index in [1.807, 2.05) is 30.3 Å². The molecular weight excluding hydrogens is 322 g/mol. The number of ether oxygens (including phenoxy) is 1. The number of hydrogen-bond acceptors (Lipinski definition) is 2. The molecule has 0 bridgehead atoms. The quantitative estimate of drug-likeness (QED) is 0.662. The summed E-state index contributed by atoms with van der Waals surface area (Å²) in [7, 11) is 1.66. The van der Waals surface area contributed by atoms with E-state index in [0.717, 1.165) is 17.9 Å². The summed E-state index contributed by atoms with van der Waals surface area (Å²) >= 11 is 0. The van der Waals surface area contributed by atoms with Gasteiger partial charge in [-0.15, -0.1) is 0 Å². The van der Waals surface area contributed by atoms with Gasteiger partial charge < -0.3 is 10.1 Å². The molecule has 132 valence electrons. The van der Waals surface area contributed by atoms with E-state index in [-0.39, 0.29) is 11.8 Å². The summed E-state index contributed by atoms with van der Waals surface area (Å²) in [5, 5.41) is 2.28. The molecule has 0 saturated carbocycles. The first-order valence-electron chi connectivity index (χ1n) is 8.80. The second kappa shape index (κ2) is 8.45. The van der Waals surface area contributed by atoms with E-state index in [0.29, 0.717) is 5.56 Å². The molecule has 3 rings (SSSR count). The number of Topliss-reactive ketones (excluding diaryl/α,β-unsaturated/α-hetero) is 1. The number of benzene rings is 3. The summed E-state index contributed by atoms with van der Waals surface area (Å²) in [5.41, 5.74) is 4.24. The Morgan fingerprint density at radius 3 is 2.00 bits per heavy atom. The number of nitrogens with two attached hydrogens (primary N) is 1. The van der Waals surface area contributed by atoms with Crippen molar-refractivity contribution in [1.29, 1.82) is 0 Å². The first-order valence-corrected chi connectivity index (χ1v) is 8.80. The molecular formula is C23H24NO2+. The Labute approximate surface area is 154 Å². The zero-order chi connectivity index (χ0) is 18.4. The third-order valence-corrected chi connectivity index (χ3v) is 4.58. The van der Waals surface area contributed by atoms with Gasteiger partial charge in [-0.1, -0.05) is 60.7 Å². The molecule has 0 aliphatic carbocycles. The highest BCUT2D eigenvalue weighted by molar-refractivity contribution is 5.94. The van der Waals surface area contributed by atoms with Crippen LogP contribution in [0, 0.1) is 0 Å². The number of carbonyl (C=O) groups excluding carboxylic acids is 1. The van der Waals surface area contributed by atoms with Gasteiger partial charge in [0.25, 0.3) is 0 Å². The van der Waals surface area contributed by atoms with Gasteiger partial charge in [-0.2, -0.15) is 0 Å². The standard InChI is InChI=1S/C23H23NO2/c1-17(25)20-13-14-22(26-2)21(15-20)16-24-23(18-9-5-3-6-10-18)19-11-7-4-8-12-19/h3-15,23-24H,16H2,1-2H3/p+1. The van der Waals surface area contributed by atoms with Crippen LogP contribution in [0.3, 0.4) is 0 Å². The van der Waals surface area contributed by atoms with Crippen molar-refractivity contribution in [1.82, 2.24) is 0 Å². The molecule has 3 aromatic carbocycles. The number of ketones is 1. The molecule has 0 unspecified atom stereocenters. The highest BCUT2D eigenvalue weighted by Crippen LogP contribution is 2.21. The van der Waals surface area contributed by atoms with Crippen molar-refractivity contribution in [2.75, 3.05) is 7.11 Å². The maximum Gasteiger partial charge on any atom is 0.159 e. The van der Waals surface area contributed by atoms with Crippen LogP contribution in [0.5, 0.6) is 5.75 Å². The first-order chi connectivity index (χ1) is 12.7. The fourth-order valence-electron chi connectivity index (χ4n) is 3.19. The lowest BCUT2D eigenvalue weighted by Crippen LogP contribution is -2.83. The predicted octanol–water partition coefficient (Wildman–Crippen LogP) is 3.75. The second-order valence-corrected chi connectivity index (χ2v) is 6.32. The molecule has 0 aliphatic rings. The minimum Gasteiger partial charge on any atom is -0.496 e. The van der Waals surface area contributed by atoms with Gasteiger partial charge in [-0.25, -0.2) is 0 Å². The Bertz CT molecular complexity index is 820. The van der Waals surface area contributed by atoms with Crippen molar-refractivity contribution < 1.29 is 14.8 Å². The molecule has 0 heterocycles. The highest BCUT2D eigenvalue weighted by Gasteiger charge is 2.18. The van der Waals surface area contributed by atoms with Crippen LogP contribution in [0.2, 0.25) is 0 Å². The monoisotopic (exact) mass is 346 g/mol. The van der Waals surface area contributed by atoms with E-state index >= 15 is 0 Å². The van der Waals surface area contributed by atoms with Crippen LogP contribution in [-0.2, 0) is 6.54 Å². The normalized spacial score (nSPS) is 10.7. The van der Waals surface area contributed by atoms with Crippen LogP contribution in [0.15, 0.2) is 78.9 Å². The fourth-order valence-corrected chi connectivity index (χ4v) is 3.19. The lowest BCUT2D eigenvalue weighted by Gasteiger charge is -2.18. The van der Waals surface area contributed by atoms with E-state index in [2.05, 4.69) is 53.8 Å². The maximum atomic E-state index is 11.7. The SMILES string of the molecule is COc1ccc(C(C)=O)cc1C[NH2+]C(c1ccccc1)c1ccccc1. The Balaban J connectivity index is 1.89. The van der Waals surface area contributed by atoms with Crippen LogP contribution in [0.25, 0.3) is 0 Å². The van der Waals surface area contributed by atoms with Crippen molar-refractivity contribution in [2.24, 2.45) is 0 Å². The largest absolute Gasteiger partial charge is 0.496 e. The minimum atomic E-state index is 0.0663. The Kier molecular flexibility index (Phi) is 5.82. The van der Waals surface area contributed by atoms with E-state index in [4.69, 9.17) is 4.74 Å². The predicted molar refractivity (Wildman–Crippen MR) is 103 cm³/mol. The van der Waals surface area contributed by atoms with Gasteiger partial charge in [0.1, 0.15) is 18.3 Å². The van der Waals surface area contributed by atoms with E-state index < -0.39 is 0 Å². The van der Waals surface area contributed by atoms with Gasteiger partial charge in [0, 0.05) is 22.3 Å². The summed E-state index contributed by atoms with van der Waals surface area (Å²) in [5.74, 6) is 0.877. The first kappa shape index (κ1) is 17.9. The molecule has 3 aromatic rings. The third-order valence-electron chi connectivity index (χ3n) is 4.58. The molecule has 0 radical (unpaired) electrons. The molecule has 0 spiro atoms. The average molecular weight is 346 g/mol. The Morgan fingerprint density at radius 2 is 1.50 bits per heavy atom. The van der Waals surface area contributed by atoms with Gasteiger partial charge in [0.15, 0.2) is 5.78 Å². The van der Waals surface area contributed by atoms with Gasteiger partial charge in [0.05, 0.1) is 7.11 Å². The summed E-state index contributed by atoms with van der Waals surface area (Å²) in [6.45, 7) is 2.31. The van der Waals surface area contributed by atoms with Crippen LogP contribution in [0.4, 0.5) is 0 Å². The lowest BCUT2D eigenvalue weighted by atomic mass is 9.98. The summed E-state index contributed by atoms with van der Waals surface area (Å²) in [6, 6.07) is 26.7. The third kappa shape index (κ3) is 4.19. The summed E-state index contributed by atoms with van der Waals surface area (Å²) < 4.78 is 5.49. The minimum absolute atomic E-state index is 0.0663. The fraction of sp³-hybridized carbons (Fsp3) is 0.174. The van der Waals surface area contributed by atoms with Crippen LogP contribution >= 0.6 is 0 Å². The van der Waals surface area contributed by atoms with Gasteiger partial charge in [-0.3, -0.25) is 4.79 Å². The Hall–Kier alpha value is -2.91. The zero-order valence-corrected chi connectivity index (χ0v) is 15.2. The molecule has 0 aromatic heterocycles. The molecule has 3 nitrogen and oxygen atoms in total. The number of quaternary nitrogens is 1. The summed E-state index contributed by atoms with van der Waals surface area (Å²) in [6.07, 6.45) is 0. The smallest absolute Gasteiger partial charge is 0.159 e. The van der Waals surface area contributed by atoms with Crippen LogP contribution in [0.1, 0.15) is 40.0 Å². The van der Waals surface area contributed by atoms with Crippen molar-refractivity contribution in [2.45, 2.75) is 19.5 Å². The van der Waals surface area contributed by atoms with Gasteiger partial charge >= 0.3 is 0 Å². The number of methoxy groups -OCH3 is 1. The number of rotatable bonds is 7. The van der Waals surface area contributed by atoms with Crippen molar-refractivity contribution in [3.05, 3.63) is 101 Å². The number of carbonyl (C=O) groups is 1. The molecule has 3 heteroatoms. The molecule has 0 amide bonds. The summed E-state index contributed by atoms with van der Waals surface area (Å²) in [4.78, 5) is 11.7.